The van der Waals surface area contributed by atoms with Gasteiger partial charge in [0.05, 0.1) is 18.7 Å². The smallest absolute Gasteiger partial charge is 0.161 e. The maximum absolute atomic E-state index is 5.75. The predicted molar refractivity (Wildman–Crippen MR) is 81.7 cm³/mol. The van der Waals surface area contributed by atoms with Crippen molar-refractivity contribution < 1.29 is 9.47 Å². The van der Waals surface area contributed by atoms with Gasteiger partial charge < -0.3 is 14.8 Å². The largest absolute Gasteiger partial charge is 0.493 e. The lowest BCUT2D eigenvalue weighted by molar-refractivity contribution is 0.297. The molecule has 0 amide bonds. The molecule has 2 rings (SSSR count). The van der Waals surface area contributed by atoms with E-state index in [9.17, 15) is 0 Å². The quantitative estimate of drug-likeness (QED) is 0.812. The number of nitrogens with one attached hydrogen (secondary N) is 1. The van der Waals surface area contributed by atoms with Crippen LogP contribution in [0.15, 0.2) is 30.5 Å². The third-order valence-electron chi connectivity index (χ3n) is 2.79. The van der Waals surface area contributed by atoms with Gasteiger partial charge >= 0.3 is 0 Å². The predicted octanol–water partition coefficient (Wildman–Crippen LogP) is 2.88. The van der Waals surface area contributed by atoms with Crippen LogP contribution in [0.25, 0.3) is 0 Å². The Balaban J connectivity index is 1.82. The number of methoxy groups -OCH3 is 1. The zero-order valence-corrected chi connectivity index (χ0v) is 12.7. The maximum atomic E-state index is 5.75. The Labute approximate surface area is 123 Å². The summed E-state index contributed by atoms with van der Waals surface area (Å²) in [4.78, 5) is 5.67. The van der Waals surface area contributed by atoms with E-state index in [0.29, 0.717) is 6.61 Å². The molecule has 2 aromatic rings. The van der Waals surface area contributed by atoms with Crippen LogP contribution in [-0.2, 0) is 13.0 Å². The van der Waals surface area contributed by atoms with Crippen molar-refractivity contribution in [3.63, 3.8) is 0 Å². The van der Waals surface area contributed by atoms with E-state index in [1.54, 1.807) is 18.4 Å². The molecular weight excluding hydrogens is 272 g/mol. The number of aromatic nitrogens is 1. The van der Waals surface area contributed by atoms with Crippen LogP contribution in [0.4, 0.5) is 0 Å². The molecule has 1 heterocycles. The second-order valence-corrected chi connectivity index (χ2v) is 5.45. The molecule has 0 atom stereocenters. The molecule has 0 fully saturated rings. The van der Waals surface area contributed by atoms with Gasteiger partial charge in [-0.3, -0.25) is 0 Å². The Bertz CT molecular complexity index is 528. The summed E-state index contributed by atoms with van der Waals surface area (Å²) in [5.74, 6) is 1.54. The highest BCUT2D eigenvalue weighted by atomic mass is 32.1. The minimum atomic E-state index is 0.606. The van der Waals surface area contributed by atoms with Crippen LogP contribution >= 0.6 is 11.3 Å². The van der Waals surface area contributed by atoms with Gasteiger partial charge in [-0.2, -0.15) is 0 Å². The lowest BCUT2D eigenvalue weighted by atomic mass is 10.3. The minimum Gasteiger partial charge on any atom is -0.493 e. The highest BCUT2D eigenvalue weighted by Crippen LogP contribution is 2.26. The van der Waals surface area contributed by atoms with Gasteiger partial charge in [0.2, 0.25) is 0 Å². The van der Waals surface area contributed by atoms with Crippen molar-refractivity contribution in [3.05, 3.63) is 40.3 Å². The monoisotopic (exact) mass is 292 g/mol. The number of hydrogen-bond acceptors (Lipinski definition) is 5. The lowest BCUT2D eigenvalue weighted by Crippen LogP contribution is -2.10. The van der Waals surface area contributed by atoms with E-state index < -0.39 is 0 Å². The number of rotatable bonds is 8. The average molecular weight is 292 g/mol. The number of benzene rings is 1. The van der Waals surface area contributed by atoms with Crippen molar-refractivity contribution in [1.82, 2.24) is 10.3 Å². The van der Waals surface area contributed by atoms with Crippen LogP contribution in [-0.4, -0.2) is 25.2 Å². The van der Waals surface area contributed by atoms with Gasteiger partial charge in [-0.1, -0.05) is 19.1 Å². The van der Waals surface area contributed by atoms with Crippen LogP contribution in [0.5, 0.6) is 11.5 Å². The van der Waals surface area contributed by atoms with Crippen molar-refractivity contribution >= 4 is 11.3 Å². The molecule has 4 nitrogen and oxygen atoms in total. The number of para-hydroxylation sites is 2. The van der Waals surface area contributed by atoms with Gasteiger partial charge in [-0.15, -0.1) is 11.3 Å². The molecule has 0 saturated carbocycles. The van der Waals surface area contributed by atoms with Crippen LogP contribution in [0.3, 0.4) is 0 Å². The minimum absolute atomic E-state index is 0.606. The summed E-state index contributed by atoms with van der Waals surface area (Å²) in [5.41, 5.74) is 0. The molecule has 0 aliphatic carbocycles. The first kappa shape index (κ1) is 14.8. The second kappa shape index (κ2) is 7.87. The highest BCUT2D eigenvalue weighted by molar-refractivity contribution is 7.11. The molecular formula is C15H20N2O2S. The van der Waals surface area contributed by atoms with E-state index in [1.165, 1.54) is 4.88 Å². The normalized spacial score (nSPS) is 10.5. The van der Waals surface area contributed by atoms with E-state index in [2.05, 4.69) is 17.2 Å². The Morgan fingerprint density at radius 3 is 2.80 bits per heavy atom. The summed E-state index contributed by atoms with van der Waals surface area (Å²) in [6, 6.07) is 7.68. The number of ether oxygens (including phenoxy) is 2. The number of thiazole rings is 1. The fourth-order valence-corrected chi connectivity index (χ4v) is 2.65. The summed E-state index contributed by atoms with van der Waals surface area (Å²) < 4.78 is 11.0. The zero-order valence-electron chi connectivity index (χ0n) is 11.9. The van der Waals surface area contributed by atoms with E-state index in [4.69, 9.17) is 9.47 Å². The van der Waals surface area contributed by atoms with Gasteiger partial charge in [0.15, 0.2) is 11.5 Å². The Morgan fingerprint density at radius 1 is 1.25 bits per heavy atom. The van der Waals surface area contributed by atoms with E-state index in [-0.39, 0.29) is 0 Å². The van der Waals surface area contributed by atoms with Crippen LogP contribution in [0, 0.1) is 0 Å². The maximum Gasteiger partial charge on any atom is 0.161 e. The summed E-state index contributed by atoms with van der Waals surface area (Å²) in [6.45, 7) is 4.57. The Morgan fingerprint density at radius 2 is 2.05 bits per heavy atom. The first-order valence-corrected chi connectivity index (χ1v) is 7.55. The highest BCUT2D eigenvalue weighted by Gasteiger charge is 2.05. The SMILES string of the molecule is CCNCc1cnc(CCOc2ccccc2OC)s1. The van der Waals surface area contributed by atoms with Crippen molar-refractivity contribution in [2.75, 3.05) is 20.3 Å². The summed E-state index contributed by atoms with van der Waals surface area (Å²) >= 11 is 1.73. The van der Waals surface area contributed by atoms with Crippen molar-refractivity contribution in [1.29, 1.82) is 0 Å². The van der Waals surface area contributed by atoms with Crippen molar-refractivity contribution in [2.45, 2.75) is 19.9 Å². The van der Waals surface area contributed by atoms with Crippen LogP contribution in [0.1, 0.15) is 16.8 Å². The molecule has 1 N–H and O–H groups in total. The molecule has 0 spiro atoms. The molecule has 0 bridgehead atoms. The molecule has 1 aromatic carbocycles. The second-order valence-electron chi connectivity index (χ2n) is 4.25. The Hall–Kier alpha value is -1.59. The van der Waals surface area contributed by atoms with Gasteiger partial charge in [-0.25, -0.2) is 4.98 Å². The van der Waals surface area contributed by atoms with E-state index in [0.717, 1.165) is 36.0 Å². The molecule has 1 aromatic heterocycles. The first-order valence-electron chi connectivity index (χ1n) is 6.73. The molecule has 20 heavy (non-hydrogen) atoms. The fourth-order valence-electron chi connectivity index (χ4n) is 1.78. The van der Waals surface area contributed by atoms with Gasteiger partial charge in [-0.05, 0) is 18.7 Å². The third-order valence-corrected chi connectivity index (χ3v) is 3.85. The van der Waals surface area contributed by atoms with Crippen LogP contribution in [0.2, 0.25) is 0 Å². The lowest BCUT2D eigenvalue weighted by Gasteiger charge is -2.09. The topological polar surface area (TPSA) is 43.4 Å². The van der Waals surface area contributed by atoms with E-state index in [1.807, 2.05) is 30.5 Å². The zero-order chi connectivity index (χ0) is 14.2. The summed E-state index contributed by atoms with van der Waals surface area (Å²) in [5, 5.41) is 4.40. The molecule has 0 aliphatic rings. The van der Waals surface area contributed by atoms with Gasteiger partial charge in [0.25, 0.3) is 0 Å². The molecule has 0 aliphatic heterocycles. The first-order chi connectivity index (χ1) is 9.83. The van der Waals surface area contributed by atoms with E-state index >= 15 is 0 Å². The summed E-state index contributed by atoms with van der Waals surface area (Å²) in [7, 11) is 1.65. The Kier molecular flexibility index (Phi) is 5.83. The van der Waals surface area contributed by atoms with Gasteiger partial charge in [0, 0.05) is 24.0 Å². The molecule has 5 heteroatoms. The molecule has 0 saturated heterocycles. The third kappa shape index (κ3) is 4.21. The average Bonchev–Trinajstić information content (AvgIpc) is 2.93. The molecule has 108 valence electrons. The molecule has 0 radical (unpaired) electrons. The number of nitrogens with zero attached hydrogens (tertiary/aromatic N) is 1. The number of hydrogen-bond donors (Lipinski definition) is 1. The summed E-state index contributed by atoms with van der Waals surface area (Å²) in [6.07, 6.45) is 2.75. The van der Waals surface area contributed by atoms with Crippen molar-refractivity contribution in [3.8, 4) is 11.5 Å². The molecule has 0 unspecified atom stereocenters. The van der Waals surface area contributed by atoms with Gasteiger partial charge in [0.1, 0.15) is 0 Å². The fraction of sp³-hybridized carbons (Fsp3) is 0.400. The van der Waals surface area contributed by atoms with Crippen molar-refractivity contribution in [2.24, 2.45) is 0 Å². The van der Waals surface area contributed by atoms with Crippen LogP contribution < -0.4 is 14.8 Å². The standard InChI is InChI=1S/C15H20N2O2S/c1-3-16-10-12-11-17-15(20-12)8-9-19-14-7-5-4-6-13(14)18-2/h4-7,11,16H,3,8-10H2,1-2H3.